The maximum Gasteiger partial charge on any atom is 1.00 e. The van der Waals surface area contributed by atoms with Crippen molar-refractivity contribution in [2.24, 2.45) is 0 Å². The molecule has 0 aliphatic rings. The first-order valence-corrected chi connectivity index (χ1v) is 8.07. The molecule has 0 N–H and O–H groups in total. The van der Waals surface area contributed by atoms with Crippen LogP contribution in [-0.2, 0) is 4.79 Å². The second-order valence-corrected chi connectivity index (χ2v) is 5.94. The Bertz CT molecular complexity index is 189. The van der Waals surface area contributed by atoms with Crippen LogP contribution in [0.4, 0.5) is 0 Å². The molecule has 1 unspecified atom stereocenters. The van der Waals surface area contributed by atoms with Crippen LogP contribution in [0.3, 0.4) is 0 Å². The van der Waals surface area contributed by atoms with E-state index < -0.39 is 5.97 Å². The number of carboxylic acids is 1. The van der Waals surface area contributed by atoms with Gasteiger partial charge in [-0.15, -0.1) is 0 Å². The Labute approximate surface area is 139 Å². The zero-order valence-corrected chi connectivity index (χ0v) is 15.2. The van der Waals surface area contributed by atoms with Gasteiger partial charge in [0.1, 0.15) is 0 Å². The van der Waals surface area contributed by atoms with E-state index in [1.165, 1.54) is 38.5 Å². The molecule has 0 aromatic rings. The van der Waals surface area contributed by atoms with E-state index in [-0.39, 0.29) is 35.3 Å². The average molecular weight is 282 g/mol. The van der Waals surface area contributed by atoms with Crippen LogP contribution in [0.25, 0.3) is 0 Å². The molecule has 0 saturated heterocycles. The SMILES string of the molecule is CCCCCCCCC(CCC)SCC(=O)[O-].[Na+]. The molecular weight excluding hydrogens is 255 g/mol. The molecule has 18 heavy (non-hydrogen) atoms. The summed E-state index contributed by atoms with van der Waals surface area (Å²) in [4.78, 5) is 10.4. The summed E-state index contributed by atoms with van der Waals surface area (Å²) in [5, 5.41) is 10.9. The number of thioether (sulfide) groups is 1. The topological polar surface area (TPSA) is 40.1 Å². The fourth-order valence-corrected chi connectivity index (χ4v) is 3.08. The van der Waals surface area contributed by atoms with E-state index in [9.17, 15) is 9.90 Å². The minimum atomic E-state index is -0.931. The van der Waals surface area contributed by atoms with Crippen LogP contribution in [-0.4, -0.2) is 17.0 Å². The zero-order chi connectivity index (χ0) is 12.9. The zero-order valence-electron chi connectivity index (χ0n) is 12.4. The molecule has 0 aliphatic carbocycles. The van der Waals surface area contributed by atoms with Gasteiger partial charge in [0.2, 0.25) is 0 Å². The maximum atomic E-state index is 10.4. The summed E-state index contributed by atoms with van der Waals surface area (Å²) in [5.74, 6) is -0.778. The van der Waals surface area contributed by atoms with E-state index in [0.717, 1.165) is 19.3 Å². The average Bonchev–Trinajstić information content (AvgIpc) is 2.30. The van der Waals surface area contributed by atoms with Crippen LogP contribution >= 0.6 is 11.8 Å². The number of carbonyl (C=O) groups excluding carboxylic acids is 1. The molecule has 102 valence electrons. The van der Waals surface area contributed by atoms with Crippen molar-refractivity contribution < 1.29 is 39.5 Å². The molecule has 0 spiro atoms. The number of carbonyl (C=O) groups is 1. The van der Waals surface area contributed by atoms with E-state index in [1.807, 2.05) is 0 Å². The van der Waals surface area contributed by atoms with Gasteiger partial charge in [0.05, 0.1) is 5.97 Å². The Morgan fingerprint density at radius 2 is 1.61 bits per heavy atom. The predicted octanol–water partition coefficient (Wildman–Crippen LogP) is 0.393. The number of aliphatic carboxylic acids is 1. The van der Waals surface area contributed by atoms with Crippen molar-refractivity contribution in [1.29, 1.82) is 0 Å². The minimum Gasteiger partial charge on any atom is -0.549 e. The third-order valence-corrected chi connectivity index (χ3v) is 4.27. The molecule has 0 aromatic carbocycles. The van der Waals surface area contributed by atoms with Crippen LogP contribution in [0.2, 0.25) is 0 Å². The molecule has 0 radical (unpaired) electrons. The van der Waals surface area contributed by atoms with Crippen LogP contribution in [0.1, 0.15) is 71.6 Å². The van der Waals surface area contributed by atoms with Crippen molar-refractivity contribution in [3.8, 4) is 0 Å². The van der Waals surface area contributed by atoms with E-state index in [0.29, 0.717) is 5.25 Å². The van der Waals surface area contributed by atoms with Gasteiger partial charge in [-0.25, -0.2) is 0 Å². The maximum absolute atomic E-state index is 10.4. The molecule has 0 aromatic heterocycles. The quantitative estimate of drug-likeness (QED) is 0.384. The molecule has 0 saturated carbocycles. The van der Waals surface area contributed by atoms with Crippen molar-refractivity contribution in [3.63, 3.8) is 0 Å². The molecule has 0 heterocycles. The standard InChI is InChI=1S/C14H28O2S.Na/c1-3-5-6-7-8-9-11-13(10-4-2)17-12-14(15)16;/h13H,3-12H2,1-2H3,(H,15,16);/q;+1/p-1. The van der Waals surface area contributed by atoms with Crippen molar-refractivity contribution in [1.82, 2.24) is 0 Å². The summed E-state index contributed by atoms with van der Waals surface area (Å²) in [6.45, 7) is 4.39. The normalized spacial score (nSPS) is 11.9. The molecule has 0 amide bonds. The fraction of sp³-hybridized carbons (Fsp3) is 0.929. The van der Waals surface area contributed by atoms with E-state index in [2.05, 4.69) is 13.8 Å². The molecule has 0 rings (SSSR count). The van der Waals surface area contributed by atoms with Gasteiger partial charge < -0.3 is 9.90 Å². The van der Waals surface area contributed by atoms with Gasteiger partial charge in [0, 0.05) is 11.0 Å². The summed E-state index contributed by atoms with van der Waals surface area (Å²) in [5.41, 5.74) is 0. The molecular formula is C14H27NaO2S. The van der Waals surface area contributed by atoms with Crippen LogP contribution in [0.5, 0.6) is 0 Å². The van der Waals surface area contributed by atoms with Gasteiger partial charge in [0.15, 0.2) is 0 Å². The molecule has 2 nitrogen and oxygen atoms in total. The Balaban J connectivity index is 0. The Hall–Kier alpha value is 0.820. The van der Waals surface area contributed by atoms with Gasteiger partial charge in [0.25, 0.3) is 0 Å². The van der Waals surface area contributed by atoms with Crippen molar-refractivity contribution in [2.45, 2.75) is 76.9 Å². The van der Waals surface area contributed by atoms with Gasteiger partial charge in [-0.3, -0.25) is 0 Å². The second kappa shape index (κ2) is 15.9. The van der Waals surface area contributed by atoms with Crippen molar-refractivity contribution in [3.05, 3.63) is 0 Å². The van der Waals surface area contributed by atoms with Crippen molar-refractivity contribution >= 4 is 17.7 Å². The van der Waals surface area contributed by atoms with Gasteiger partial charge in [-0.1, -0.05) is 58.8 Å². The van der Waals surface area contributed by atoms with Gasteiger partial charge >= 0.3 is 29.6 Å². The summed E-state index contributed by atoms with van der Waals surface area (Å²) in [7, 11) is 0. The Kier molecular flexibility index (Phi) is 18.6. The summed E-state index contributed by atoms with van der Waals surface area (Å²) in [6.07, 6.45) is 11.3. The van der Waals surface area contributed by atoms with Crippen LogP contribution in [0, 0.1) is 0 Å². The first kappa shape index (κ1) is 21.1. The number of hydrogen-bond acceptors (Lipinski definition) is 3. The number of rotatable bonds is 12. The fourth-order valence-electron chi connectivity index (χ4n) is 1.97. The number of hydrogen-bond donors (Lipinski definition) is 0. The predicted molar refractivity (Wildman–Crippen MR) is 74.2 cm³/mol. The summed E-state index contributed by atoms with van der Waals surface area (Å²) >= 11 is 1.56. The monoisotopic (exact) mass is 282 g/mol. The van der Waals surface area contributed by atoms with Crippen LogP contribution < -0.4 is 34.7 Å². The summed E-state index contributed by atoms with van der Waals surface area (Å²) in [6, 6.07) is 0. The first-order chi connectivity index (χ1) is 8.20. The largest absolute Gasteiger partial charge is 1.00 e. The van der Waals surface area contributed by atoms with Crippen LogP contribution in [0.15, 0.2) is 0 Å². The molecule has 0 bridgehead atoms. The third kappa shape index (κ3) is 14.9. The second-order valence-electron chi connectivity index (χ2n) is 4.65. The first-order valence-electron chi connectivity index (χ1n) is 7.02. The van der Waals surface area contributed by atoms with Gasteiger partial charge in [-0.2, -0.15) is 11.8 Å². The molecule has 4 heteroatoms. The Morgan fingerprint density at radius 3 is 2.17 bits per heavy atom. The Morgan fingerprint density at radius 1 is 1.00 bits per heavy atom. The molecule has 0 fully saturated rings. The smallest absolute Gasteiger partial charge is 0.549 e. The van der Waals surface area contributed by atoms with E-state index in [1.54, 1.807) is 11.8 Å². The molecule has 1 atom stereocenters. The molecule has 0 aliphatic heterocycles. The van der Waals surface area contributed by atoms with E-state index >= 15 is 0 Å². The minimum absolute atomic E-state index is 0. The number of unbranched alkanes of at least 4 members (excludes halogenated alkanes) is 5. The third-order valence-electron chi connectivity index (χ3n) is 2.93. The van der Waals surface area contributed by atoms with E-state index in [4.69, 9.17) is 0 Å². The van der Waals surface area contributed by atoms with Gasteiger partial charge in [-0.05, 0) is 12.8 Å². The number of carboxylic acid groups (broad SMARTS) is 1. The van der Waals surface area contributed by atoms with Crippen molar-refractivity contribution in [2.75, 3.05) is 5.75 Å². The summed E-state index contributed by atoms with van der Waals surface area (Å²) < 4.78 is 0.